The summed E-state index contributed by atoms with van der Waals surface area (Å²) in [6, 6.07) is 8.66. The van der Waals surface area contributed by atoms with E-state index in [1.807, 2.05) is 0 Å². The molecule has 2 amide bonds. The Labute approximate surface area is 180 Å². The molecule has 31 heavy (non-hydrogen) atoms. The molecule has 9 heteroatoms. The molecule has 0 saturated carbocycles. The largest absolute Gasteiger partial charge is 0.326 e. The van der Waals surface area contributed by atoms with Gasteiger partial charge in [-0.1, -0.05) is 18.6 Å². The number of rotatable bonds is 4. The smallest absolute Gasteiger partial charge is 0.243 e. The Bertz CT molecular complexity index is 1140. The van der Waals surface area contributed by atoms with Crippen molar-refractivity contribution in [2.45, 2.75) is 43.4 Å². The summed E-state index contributed by atoms with van der Waals surface area (Å²) in [6.45, 7) is 2.70. The number of hydrogen-bond acceptors (Lipinski definition) is 4. The number of nitrogens with zero attached hydrogens (tertiary/aromatic N) is 1. The van der Waals surface area contributed by atoms with Crippen LogP contribution in [0, 0.1) is 12.7 Å². The maximum atomic E-state index is 13.5. The van der Waals surface area contributed by atoms with Crippen molar-refractivity contribution >= 4 is 33.2 Å². The van der Waals surface area contributed by atoms with Gasteiger partial charge in [-0.15, -0.1) is 0 Å². The second-order valence-corrected chi connectivity index (χ2v) is 9.88. The minimum absolute atomic E-state index is 0.0741. The van der Waals surface area contributed by atoms with Crippen LogP contribution in [0.1, 0.15) is 42.7 Å². The number of nitrogens with one attached hydrogen (secondary N) is 2. The van der Waals surface area contributed by atoms with Crippen molar-refractivity contribution in [1.82, 2.24) is 4.31 Å². The molecule has 0 aliphatic carbocycles. The molecule has 1 saturated heterocycles. The number of benzene rings is 2. The van der Waals surface area contributed by atoms with Gasteiger partial charge in [0.25, 0.3) is 0 Å². The van der Waals surface area contributed by atoms with Crippen LogP contribution in [-0.2, 0) is 19.6 Å². The van der Waals surface area contributed by atoms with E-state index >= 15 is 0 Å². The number of anilines is 2. The van der Waals surface area contributed by atoms with E-state index in [-0.39, 0.29) is 22.9 Å². The molecule has 0 radical (unpaired) electrons. The van der Waals surface area contributed by atoms with E-state index in [1.54, 1.807) is 19.1 Å². The molecule has 2 N–H and O–H groups in total. The maximum Gasteiger partial charge on any atom is 0.243 e. The summed E-state index contributed by atoms with van der Waals surface area (Å²) in [5.41, 5.74) is 1.72. The predicted octanol–water partition coefficient (Wildman–Crippen LogP) is 3.37. The molecule has 2 aliphatic heterocycles. The zero-order valence-electron chi connectivity index (χ0n) is 17.2. The lowest BCUT2D eigenvalue weighted by Crippen LogP contribution is -2.36. The number of amides is 2. The van der Waals surface area contributed by atoms with Crippen LogP contribution < -0.4 is 10.6 Å². The number of aryl methyl sites for hydroxylation is 1. The Morgan fingerprint density at radius 2 is 1.87 bits per heavy atom. The van der Waals surface area contributed by atoms with Crippen molar-refractivity contribution in [3.63, 3.8) is 0 Å². The van der Waals surface area contributed by atoms with Gasteiger partial charge in [-0.3, -0.25) is 9.59 Å². The van der Waals surface area contributed by atoms with Gasteiger partial charge < -0.3 is 10.6 Å². The molecule has 2 aromatic carbocycles. The van der Waals surface area contributed by atoms with Gasteiger partial charge in [0.05, 0.1) is 10.8 Å². The van der Waals surface area contributed by atoms with Crippen molar-refractivity contribution in [2.24, 2.45) is 0 Å². The summed E-state index contributed by atoms with van der Waals surface area (Å²) >= 11 is 0. The molecule has 1 fully saturated rings. The lowest BCUT2D eigenvalue weighted by molar-refractivity contribution is -0.123. The zero-order chi connectivity index (χ0) is 22.2. The number of halogens is 1. The van der Waals surface area contributed by atoms with Crippen LogP contribution in [0.25, 0.3) is 0 Å². The monoisotopic (exact) mass is 445 g/mol. The summed E-state index contributed by atoms with van der Waals surface area (Å²) in [7, 11) is -3.66. The van der Waals surface area contributed by atoms with Gasteiger partial charge in [-0.25, -0.2) is 12.8 Å². The van der Waals surface area contributed by atoms with Crippen molar-refractivity contribution in [3.05, 3.63) is 53.3 Å². The van der Waals surface area contributed by atoms with Gasteiger partial charge in [0.2, 0.25) is 21.8 Å². The second-order valence-electron chi connectivity index (χ2n) is 7.97. The molecule has 1 atom stereocenters. The number of hydrogen-bond donors (Lipinski definition) is 2. The van der Waals surface area contributed by atoms with Gasteiger partial charge in [0.15, 0.2) is 0 Å². The number of fused-ring (bicyclic) bond motifs is 1. The third kappa shape index (κ3) is 4.33. The Morgan fingerprint density at radius 3 is 2.61 bits per heavy atom. The summed E-state index contributed by atoms with van der Waals surface area (Å²) in [6.07, 6.45) is 2.60. The molecule has 2 heterocycles. The van der Waals surface area contributed by atoms with E-state index in [2.05, 4.69) is 10.6 Å². The highest BCUT2D eigenvalue weighted by Gasteiger charge is 2.32. The normalized spacial score (nSPS) is 19.4. The molecule has 4 rings (SSSR count). The summed E-state index contributed by atoms with van der Waals surface area (Å²) in [5, 5.41) is 5.31. The molecule has 0 aromatic heterocycles. The van der Waals surface area contributed by atoms with E-state index < -0.39 is 27.7 Å². The maximum absolute atomic E-state index is 13.5. The minimum Gasteiger partial charge on any atom is -0.326 e. The number of carbonyl (C=O) groups is 2. The van der Waals surface area contributed by atoms with E-state index in [9.17, 15) is 22.4 Å². The van der Waals surface area contributed by atoms with Crippen LogP contribution in [0.4, 0.5) is 15.8 Å². The van der Waals surface area contributed by atoms with Gasteiger partial charge in [-0.2, -0.15) is 4.31 Å². The Morgan fingerprint density at radius 1 is 1.13 bits per heavy atom. The third-order valence-electron chi connectivity index (χ3n) is 5.76. The van der Waals surface area contributed by atoms with E-state index in [1.165, 1.54) is 28.6 Å². The Kier molecular flexibility index (Phi) is 5.81. The van der Waals surface area contributed by atoms with E-state index in [4.69, 9.17) is 0 Å². The second kappa shape index (κ2) is 8.39. The molecular weight excluding hydrogens is 421 g/mol. The van der Waals surface area contributed by atoms with Crippen LogP contribution >= 0.6 is 0 Å². The highest BCUT2D eigenvalue weighted by Crippen LogP contribution is 2.34. The van der Waals surface area contributed by atoms with Crippen LogP contribution in [0.2, 0.25) is 0 Å². The van der Waals surface area contributed by atoms with Crippen LogP contribution in [-0.4, -0.2) is 37.6 Å². The first-order valence-electron chi connectivity index (χ1n) is 10.3. The summed E-state index contributed by atoms with van der Waals surface area (Å²) < 4.78 is 41.2. The molecule has 2 aromatic rings. The molecular formula is C22H24FN3O4S. The lowest BCUT2D eigenvalue weighted by atomic mass is 9.89. The van der Waals surface area contributed by atoms with Crippen molar-refractivity contribution < 1.29 is 22.4 Å². The fourth-order valence-electron chi connectivity index (χ4n) is 4.10. The van der Waals surface area contributed by atoms with Crippen LogP contribution in [0.5, 0.6) is 0 Å². The SMILES string of the molecule is Cc1ccc(NC(=O)C2CC(=O)Nc3cc(F)ccc32)cc1S(=O)(=O)N1CCCCC1. The molecule has 0 spiro atoms. The minimum atomic E-state index is -3.66. The lowest BCUT2D eigenvalue weighted by Gasteiger charge is -2.27. The van der Waals surface area contributed by atoms with E-state index in [0.717, 1.165) is 19.3 Å². The first-order valence-corrected chi connectivity index (χ1v) is 11.7. The molecule has 1 unspecified atom stereocenters. The molecule has 0 bridgehead atoms. The number of carbonyl (C=O) groups excluding carboxylic acids is 2. The molecule has 7 nitrogen and oxygen atoms in total. The number of piperidine rings is 1. The van der Waals surface area contributed by atoms with Crippen molar-refractivity contribution in [1.29, 1.82) is 0 Å². The van der Waals surface area contributed by atoms with Crippen LogP contribution in [0.15, 0.2) is 41.3 Å². The van der Waals surface area contributed by atoms with Gasteiger partial charge in [0, 0.05) is 30.9 Å². The standard InChI is InChI=1S/C22H24FN3O4S/c1-14-5-7-16(12-20(14)31(29,30)26-9-3-2-4-10-26)24-22(28)18-13-21(27)25-19-11-15(23)6-8-17(18)19/h5-8,11-12,18H,2-4,9-10,13H2,1H3,(H,24,28)(H,25,27). The summed E-state index contributed by atoms with van der Waals surface area (Å²) in [4.78, 5) is 25.1. The fraction of sp³-hybridized carbons (Fsp3) is 0.364. The average molecular weight is 446 g/mol. The zero-order valence-corrected chi connectivity index (χ0v) is 18.0. The number of sulfonamides is 1. The highest BCUT2D eigenvalue weighted by molar-refractivity contribution is 7.89. The predicted molar refractivity (Wildman–Crippen MR) is 115 cm³/mol. The quantitative estimate of drug-likeness (QED) is 0.754. The Hall–Kier alpha value is -2.78. The fourth-order valence-corrected chi connectivity index (χ4v) is 5.87. The molecule has 164 valence electrons. The first kappa shape index (κ1) is 21.5. The van der Waals surface area contributed by atoms with Crippen molar-refractivity contribution in [2.75, 3.05) is 23.7 Å². The van der Waals surface area contributed by atoms with Crippen molar-refractivity contribution in [3.8, 4) is 0 Å². The van der Waals surface area contributed by atoms with Gasteiger partial charge in [0.1, 0.15) is 5.82 Å². The topological polar surface area (TPSA) is 95.6 Å². The van der Waals surface area contributed by atoms with Gasteiger partial charge >= 0.3 is 0 Å². The first-order chi connectivity index (χ1) is 14.8. The highest BCUT2D eigenvalue weighted by atomic mass is 32.2. The summed E-state index contributed by atoms with van der Waals surface area (Å²) in [5.74, 6) is -2.14. The van der Waals surface area contributed by atoms with Crippen LogP contribution in [0.3, 0.4) is 0 Å². The average Bonchev–Trinajstić information content (AvgIpc) is 2.74. The molecule has 2 aliphatic rings. The Balaban J connectivity index is 1.60. The van der Waals surface area contributed by atoms with Gasteiger partial charge in [-0.05, 0) is 55.2 Å². The van der Waals surface area contributed by atoms with E-state index in [0.29, 0.717) is 29.9 Å². The third-order valence-corrected chi connectivity index (χ3v) is 7.80.